The molecule has 2 aromatic carbocycles. The molecule has 5 heteroatoms. The lowest BCUT2D eigenvalue weighted by Gasteiger charge is -2.49. The highest BCUT2D eigenvalue weighted by atomic mass is 16.5. The number of nitrogens with zero attached hydrogens (tertiary/aromatic N) is 1. The van der Waals surface area contributed by atoms with Crippen molar-refractivity contribution in [3.8, 4) is 11.5 Å². The van der Waals surface area contributed by atoms with E-state index in [9.17, 15) is 9.59 Å². The van der Waals surface area contributed by atoms with Crippen molar-refractivity contribution in [3.05, 3.63) is 94.4 Å². The molecule has 5 nitrogen and oxygen atoms in total. The topological polar surface area (TPSA) is 55.8 Å². The number of ketones is 2. The smallest absolute Gasteiger partial charge is 0.164 e. The van der Waals surface area contributed by atoms with E-state index in [0.29, 0.717) is 30.8 Å². The number of hydrogen-bond donors (Lipinski definition) is 0. The average molecular weight is 554 g/mol. The lowest BCUT2D eigenvalue weighted by Crippen LogP contribution is -2.45. The van der Waals surface area contributed by atoms with Gasteiger partial charge in [0.2, 0.25) is 0 Å². The van der Waals surface area contributed by atoms with Crippen molar-refractivity contribution in [3.63, 3.8) is 0 Å². The molecule has 0 atom stereocenters. The van der Waals surface area contributed by atoms with Gasteiger partial charge in [0.1, 0.15) is 0 Å². The third-order valence-electron chi connectivity index (χ3n) is 8.76. The van der Waals surface area contributed by atoms with Gasteiger partial charge in [-0.05, 0) is 53.7 Å². The molecular weight excluding hydrogens is 510 g/mol. The highest BCUT2D eigenvalue weighted by Crippen LogP contribution is 2.55. The number of benzene rings is 2. The standard InChI is InChI=1S/C36H43NO4/c1-8-12-24-17-25(18-30(40-6)34(24)41-7)31-32-26(19-35(2,3)21-28(32)38)37(16-15-23-13-10-9-11-14-23)27-20-36(4,5)22-29(39)33(27)31/h8-11,13-14,17-18,31H,1,12,15-16,19-22H2,2-7H3. The van der Waals surface area contributed by atoms with E-state index in [4.69, 9.17) is 9.47 Å². The lowest BCUT2D eigenvalue weighted by molar-refractivity contribution is -0.119. The Balaban J connectivity index is 1.75. The highest BCUT2D eigenvalue weighted by Gasteiger charge is 2.49. The third kappa shape index (κ3) is 5.51. The summed E-state index contributed by atoms with van der Waals surface area (Å²) in [5.74, 6) is 1.10. The molecule has 0 spiro atoms. The molecule has 0 unspecified atom stereocenters. The van der Waals surface area contributed by atoms with Crippen LogP contribution in [0.15, 0.2) is 77.7 Å². The van der Waals surface area contributed by atoms with Crippen LogP contribution in [0.25, 0.3) is 0 Å². The van der Waals surface area contributed by atoms with Gasteiger partial charge in [0, 0.05) is 53.4 Å². The first-order valence-electron chi connectivity index (χ1n) is 14.7. The second-order valence-electron chi connectivity index (χ2n) is 13.3. The maximum Gasteiger partial charge on any atom is 0.164 e. The summed E-state index contributed by atoms with van der Waals surface area (Å²) in [6, 6.07) is 14.5. The van der Waals surface area contributed by atoms with E-state index in [-0.39, 0.29) is 22.4 Å². The molecule has 0 aromatic heterocycles. The predicted molar refractivity (Wildman–Crippen MR) is 163 cm³/mol. The van der Waals surface area contributed by atoms with Crippen molar-refractivity contribution < 1.29 is 19.1 Å². The maximum atomic E-state index is 14.2. The van der Waals surface area contributed by atoms with Crippen LogP contribution in [0.1, 0.15) is 76.0 Å². The van der Waals surface area contributed by atoms with E-state index < -0.39 is 5.92 Å². The zero-order valence-electron chi connectivity index (χ0n) is 25.4. The molecule has 5 rings (SSSR count). The van der Waals surface area contributed by atoms with Crippen LogP contribution in [0.3, 0.4) is 0 Å². The van der Waals surface area contributed by atoms with Gasteiger partial charge in [0.05, 0.1) is 14.2 Å². The number of ether oxygens (including phenoxy) is 2. The molecule has 1 heterocycles. The quantitative estimate of drug-likeness (QED) is 0.320. The Morgan fingerprint density at radius 2 is 1.46 bits per heavy atom. The number of Topliss-reactive ketones (excluding diaryl/α,β-unsaturated/α-hetero) is 2. The van der Waals surface area contributed by atoms with Gasteiger partial charge in [-0.3, -0.25) is 9.59 Å². The van der Waals surface area contributed by atoms with Crippen LogP contribution < -0.4 is 9.47 Å². The summed E-state index contributed by atoms with van der Waals surface area (Å²) in [5.41, 5.74) is 6.47. The first-order chi connectivity index (χ1) is 19.5. The Hall–Kier alpha value is -3.60. The minimum absolute atomic E-state index is 0.134. The van der Waals surface area contributed by atoms with Crippen molar-refractivity contribution in [2.75, 3.05) is 20.8 Å². The van der Waals surface area contributed by atoms with Gasteiger partial charge in [-0.15, -0.1) is 6.58 Å². The fourth-order valence-corrected chi connectivity index (χ4v) is 7.08. The van der Waals surface area contributed by atoms with Crippen LogP contribution in [-0.4, -0.2) is 37.2 Å². The minimum Gasteiger partial charge on any atom is -0.493 e. The summed E-state index contributed by atoms with van der Waals surface area (Å²) in [7, 11) is 3.26. The molecular formula is C36H43NO4. The van der Waals surface area contributed by atoms with Crippen molar-refractivity contribution in [1.29, 1.82) is 0 Å². The fraction of sp³-hybridized carbons (Fsp3) is 0.444. The first kappa shape index (κ1) is 28.9. The van der Waals surface area contributed by atoms with Crippen LogP contribution in [0.5, 0.6) is 11.5 Å². The number of rotatable bonds is 8. The molecule has 0 bridgehead atoms. The molecule has 0 amide bonds. The zero-order valence-corrected chi connectivity index (χ0v) is 25.4. The molecule has 216 valence electrons. The summed E-state index contributed by atoms with van der Waals surface area (Å²) in [5, 5.41) is 0. The predicted octanol–water partition coefficient (Wildman–Crippen LogP) is 7.36. The maximum absolute atomic E-state index is 14.2. The van der Waals surface area contributed by atoms with Crippen LogP contribution in [0.2, 0.25) is 0 Å². The number of hydrogen-bond acceptors (Lipinski definition) is 5. The highest BCUT2D eigenvalue weighted by molar-refractivity contribution is 6.06. The van der Waals surface area contributed by atoms with Gasteiger partial charge in [0.15, 0.2) is 23.1 Å². The van der Waals surface area contributed by atoms with Gasteiger partial charge >= 0.3 is 0 Å². The summed E-state index contributed by atoms with van der Waals surface area (Å²) in [6.07, 6.45) is 5.76. The van der Waals surface area contributed by atoms with Crippen molar-refractivity contribution in [1.82, 2.24) is 4.90 Å². The van der Waals surface area contributed by atoms with Gasteiger partial charge in [-0.1, -0.05) is 70.2 Å². The van der Waals surface area contributed by atoms with Crippen molar-refractivity contribution in [2.24, 2.45) is 10.8 Å². The molecule has 41 heavy (non-hydrogen) atoms. The molecule has 2 aliphatic carbocycles. The third-order valence-corrected chi connectivity index (χ3v) is 8.76. The summed E-state index contributed by atoms with van der Waals surface area (Å²) in [6.45, 7) is 13.4. The van der Waals surface area contributed by atoms with E-state index in [1.54, 1.807) is 14.2 Å². The van der Waals surface area contributed by atoms with Crippen molar-refractivity contribution in [2.45, 2.75) is 72.1 Å². The Morgan fingerprint density at radius 3 is 1.98 bits per heavy atom. The minimum atomic E-state index is -0.427. The normalized spacial score (nSPS) is 20.1. The molecule has 0 N–H and O–H groups in total. The van der Waals surface area contributed by atoms with E-state index in [1.165, 1.54) is 5.56 Å². The summed E-state index contributed by atoms with van der Waals surface area (Å²) >= 11 is 0. The SMILES string of the molecule is C=CCc1cc(C2C3=C(CC(C)(C)CC3=O)N(CCc3ccccc3)C3=C2C(=O)CC(C)(C)C3)cc(OC)c1OC. The number of carbonyl (C=O) groups is 2. The van der Waals surface area contributed by atoms with Gasteiger partial charge < -0.3 is 14.4 Å². The Labute approximate surface area is 244 Å². The monoisotopic (exact) mass is 553 g/mol. The van der Waals surface area contributed by atoms with Gasteiger partial charge in [-0.25, -0.2) is 0 Å². The molecule has 1 aliphatic heterocycles. The van der Waals surface area contributed by atoms with Gasteiger partial charge in [-0.2, -0.15) is 0 Å². The summed E-state index contributed by atoms with van der Waals surface area (Å²) < 4.78 is 11.5. The number of allylic oxidation sites excluding steroid dienone is 5. The lowest BCUT2D eigenvalue weighted by atomic mass is 9.63. The largest absolute Gasteiger partial charge is 0.493 e. The fourth-order valence-electron chi connectivity index (χ4n) is 7.08. The van der Waals surface area contributed by atoms with Crippen LogP contribution >= 0.6 is 0 Å². The Kier molecular flexibility index (Phi) is 7.76. The van der Waals surface area contributed by atoms with Crippen molar-refractivity contribution >= 4 is 11.6 Å². The number of methoxy groups -OCH3 is 2. The molecule has 0 fully saturated rings. The zero-order chi connectivity index (χ0) is 29.5. The first-order valence-corrected chi connectivity index (χ1v) is 14.7. The van der Waals surface area contributed by atoms with Crippen LogP contribution in [-0.2, 0) is 22.4 Å². The number of carbonyl (C=O) groups excluding carboxylic acids is 2. The molecule has 3 aliphatic rings. The summed E-state index contributed by atoms with van der Waals surface area (Å²) in [4.78, 5) is 30.7. The Bertz CT molecular complexity index is 1390. The average Bonchev–Trinajstić information content (AvgIpc) is 2.90. The molecule has 0 saturated carbocycles. The molecule has 0 saturated heterocycles. The van der Waals surface area contributed by atoms with Crippen LogP contribution in [0, 0.1) is 10.8 Å². The van der Waals surface area contributed by atoms with E-state index >= 15 is 0 Å². The van der Waals surface area contributed by atoms with E-state index in [1.807, 2.05) is 18.2 Å². The Morgan fingerprint density at radius 1 is 0.878 bits per heavy atom. The molecule has 2 aromatic rings. The second kappa shape index (κ2) is 11.0. The second-order valence-corrected chi connectivity index (χ2v) is 13.3. The van der Waals surface area contributed by atoms with E-state index in [2.05, 4.69) is 69.5 Å². The molecule has 0 radical (unpaired) electrons. The van der Waals surface area contributed by atoms with Crippen LogP contribution in [0.4, 0.5) is 0 Å². The van der Waals surface area contributed by atoms with E-state index in [0.717, 1.165) is 59.5 Å². The van der Waals surface area contributed by atoms with Gasteiger partial charge in [0.25, 0.3) is 0 Å².